The molecule has 0 fully saturated rings. The average molecular weight is 312 g/mol. The van der Waals surface area contributed by atoms with E-state index < -0.39 is 0 Å². The predicted octanol–water partition coefficient (Wildman–Crippen LogP) is 4.04. The van der Waals surface area contributed by atoms with Crippen molar-refractivity contribution in [3.05, 3.63) is 57.6 Å². The van der Waals surface area contributed by atoms with Crippen LogP contribution in [0.15, 0.2) is 36.4 Å². The first kappa shape index (κ1) is 15.0. The third-order valence-electron chi connectivity index (χ3n) is 2.82. The molecule has 0 atom stereocenters. The molecule has 0 aliphatic carbocycles. The highest BCUT2D eigenvalue weighted by Gasteiger charge is 2.11. The molecule has 106 valence electrons. The fourth-order valence-corrected chi connectivity index (χ4v) is 2.18. The van der Waals surface area contributed by atoms with Gasteiger partial charge in [-0.15, -0.1) is 0 Å². The Kier molecular flexibility index (Phi) is 5.12. The van der Waals surface area contributed by atoms with Crippen LogP contribution >= 0.6 is 23.2 Å². The van der Waals surface area contributed by atoms with Crippen molar-refractivity contribution in [3.8, 4) is 11.5 Å². The zero-order valence-electron chi connectivity index (χ0n) is 11.0. The summed E-state index contributed by atoms with van der Waals surface area (Å²) in [5.74, 6) is 1.09. The normalized spacial score (nSPS) is 10.4. The zero-order valence-corrected chi connectivity index (χ0v) is 12.5. The quantitative estimate of drug-likeness (QED) is 0.906. The van der Waals surface area contributed by atoms with E-state index in [1.165, 1.54) is 0 Å². The van der Waals surface area contributed by atoms with Crippen LogP contribution in [0.3, 0.4) is 0 Å². The molecule has 3 nitrogen and oxygen atoms in total. The molecule has 2 N–H and O–H groups in total. The van der Waals surface area contributed by atoms with E-state index in [1.54, 1.807) is 13.2 Å². The van der Waals surface area contributed by atoms with Gasteiger partial charge in [0, 0.05) is 11.6 Å². The molecular formula is C15H15Cl2NO2. The van der Waals surface area contributed by atoms with Crippen molar-refractivity contribution in [1.29, 1.82) is 0 Å². The lowest BCUT2D eigenvalue weighted by molar-refractivity contribution is 0.284. The zero-order chi connectivity index (χ0) is 14.5. The average Bonchev–Trinajstić information content (AvgIpc) is 2.47. The Hall–Kier alpha value is -1.42. The number of nitrogens with two attached hydrogens (primary N) is 1. The number of hydrogen-bond acceptors (Lipinski definition) is 3. The molecule has 0 radical (unpaired) electrons. The van der Waals surface area contributed by atoms with Crippen molar-refractivity contribution in [2.45, 2.75) is 13.2 Å². The number of halogens is 2. The first-order valence-electron chi connectivity index (χ1n) is 6.07. The molecule has 2 rings (SSSR count). The lowest BCUT2D eigenvalue weighted by Gasteiger charge is -2.14. The first-order valence-corrected chi connectivity index (χ1v) is 6.83. The summed E-state index contributed by atoms with van der Waals surface area (Å²) in [6, 6.07) is 11.0. The highest BCUT2D eigenvalue weighted by molar-refractivity contribution is 6.32. The molecule has 0 aliphatic rings. The second-order valence-corrected chi connectivity index (χ2v) is 5.07. The second-order valence-electron chi connectivity index (χ2n) is 4.23. The van der Waals surface area contributed by atoms with Crippen molar-refractivity contribution in [2.75, 3.05) is 7.11 Å². The summed E-state index contributed by atoms with van der Waals surface area (Å²) in [6.07, 6.45) is 0. The van der Waals surface area contributed by atoms with E-state index >= 15 is 0 Å². The van der Waals surface area contributed by atoms with Gasteiger partial charge in [0.15, 0.2) is 11.5 Å². The molecule has 0 spiro atoms. The van der Waals surface area contributed by atoms with Gasteiger partial charge in [0.1, 0.15) is 6.61 Å². The van der Waals surface area contributed by atoms with Gasteiger partial charge in [-0.1, -0.05) is 35.3 Å². The largest absolute Gasteiger partial charge is 0.493 e. The van der Waals surface area contributed by atoms with Crippen LogP contribution in [0.4, 0.5) is 0 Å². The molecule has 0 heterocycles. The number of rotatable bonds is 5. The molecule has 2 aromatic rings. The second kappa shape index (κ2) is 6.84. The van der Waals surface area contributed by atoms with Crippen LogP contribution < -0.4 is 15.2 Å². The molecule has 20 heavy (non-hydrogen) atoms. The van der Waals surface area contributed by atoms with Crippen molar-refractivity contribution in [3.63, 3.8) is 0 Å². The predicted molar refractivity (Wildman–Crippen MR) is 81.7 cm³/mol. The van der Waals surface area contributed by atoms with E-state index in [0.717, 1.165) is 11.1 Å². The van der Waals surface area contributed by atoms with Crippen LogP contribution in [0.25, 0.3) is 0 Å². The van der Waals surface area contributed by atoms with Crippen LogP contribution in [0.2, 0.25) is 10.0 Å². The van der Waals surface area contributed by atoms with Gasteiger partial charge in [-0.25, -0.2) is 0 Å². The molecule has 0 unspecified atom stereocenters. The maximum atomic E-state index is 6.20. The summed E-state index contributed by atoms with van der Waals surface area (Å²) in [6.45, 7) is 0.781. The standard InChI is InChI=1S/C15H15Cl2NO2/c1-19-14-7-11(8-18)6-13(17)15(14)20-9-10-2-4-12(16)5-3-10/h2-7H,8-9,18H2,1H3. The van der Waals surface area contributed by atoms with E-state index in [-0.39, 0.29) is 0 Å². The number of benzene rings is 2. The molecule has 0 saturated heterocycles. The Balaban J connectivity index is 2.18. The van der Waals surface area contributed by atoms with E-state index in [2.05, 4.69) is 0 Å². The lowest BCUT2D eigenvalue weighted by atomic mass is 10.2. The van der Waals surface area contributed by atoms with Gasteiger partial charge >= 0.3 is 0 Å². The van der Waals surface area contributed by atoms with Crippen LogP contribution in [0.5, 0.6) is 11.5 Å². The van der Waals surface area contributed by atoms with Crippen LogP contribution in [-0.2, 0) is 13.2 Å². The highest BCUT2D eigenvalue weighted by Crippen LogP contribution is 2.36. The fourth-order valence-electron chi connectivity index (χ4n) is 1.77. The van der Waals surface area contributed by atoms with Gasteiger partial charge in [0.2, 0.25) is 0 Å². The van der Waals surface area contributed by atoms with Crippen molar-refractivity contribution in [1.82, 2.24) is 0 Å². The molecule has 0 amide bonds. The Morgan fingerprint density at radius 2 is 1.75 bits per heavy atom. The third kappa shape index (κ3) is 3.57. The van der Waals surface area contributed by atoms with Crippen molar-refractivity contribution >= 4 is 23.2 Å². The van der Waals surface area contributed by atoms with Crippen LogP contribution in [0.1, 0.15) is 11.1 Å². The van der Waals surface area contributed by atoms with E-state index in [9.17, 15) is 0 Å². The van der Waals surface area contributed by atoms with Gasteiger partial charge in [0.25, 0.3) is 0 Å². The molecule has 0 saturated carbocycles. The number of methoxy groups -OCH3 is 1. The van der Waals surface area contributed by atoms with E-state index in [1.807, 2.05) is 30.3 Å². The maximum Gasteiger partial charge on any atom is 0.180 e. The monoisotopic (exact) mass is 311 g/mol. The van der Waals surface area contributed by atoms with Gasteiger partial charge in [0.05, 0.1) is 12.1 Å². The van der Waals surface area contributed by atoms with Gasteiger partial charge < -0.3 is 15.2 Å². The van der Waals surface area contributed by atoms with E-state index in [4.69, 9.17) is 38.4 Å². The van der Waals surface area contributed by atoms with Crippen LogP contribution in [-0.4, -0.2) is 7.11 Å². The third-order valence-corrected chi connectivity index (χ3v) is 3.35. The first-order chi connectivity index (χ1) is 9.63. The minimum Gasteiger partial charge on any atom is -0.493 e. The Bertz CT molecular complexity index is 585. The minimum absolute atomic E-state index is 0.384. The topological polar surface area (TPSA) is 44.5 Å². The molecule has 0 aliphatic heterocycles. The summed E-state index contributed by atoms with van der Waals surface area (Å²) >= 11 is 12.0. The Morgan fingerprint density at radius 3 is 2.35 bits per heavy atom. The van der Waals surface area contributed by atoms with Gasteiger partial charge in [-0.05, 0) is 35.4 Å². The summed E-state index contributed by atoms with van der Waals surface area (Å²) < 4.78 is 11.0. The summed E-state index contributed by atoms with van der Waals surface area (Å²) in [5.41, 5.74) is 7.49. The number of hydrogen-bond donors (Lipinski definition) is 1. The summed E-state index contributed by atoms with van der Waals surface area (Å²) in [5, 5.41) is 1.18. The van der Waals surface area contributed by atoms with Crippen molar-refractivity contribution in [2.24, 2.45) is 5.73 Å². The molecule has 0 bridgehead atoms. The lowest BCUT2D eigenvalue weighted by Crippen LogP contribution is -2.01. The van der Waals surface area contributed by atoms with Gasteiger partial charge in [-0.2, -0.15) is 0 Å². The van der Waals surface area contributed by atoms with E-state index in [0.29, 0.717) is 34.7 Å². The highest BCUT2D eigenvalue weighted by atomic mass is 35.5. The molecule has 0 aromatic heterocycles. The molecule has 2 aromatic carbocycles. The van der Waals surface area contributed by atoms with Crippen molar-refractivity contribution < 1.29 is 9.47 Å². The number of ether oxygens (including phenoxy) is 2. The molecular weight excluding hydrogens is 297 g/mol. The summed E-state index contributed by atoms with van der Waals surface area (Å²) in [4.78, 5) is 0. The molecule has 5 heteroatoms. The minimum atomic E-state index is 0.384. The summed E-state index contributed by atoms with van der Waals surface area (Å²) in [7, 11) is 1.57. The Labute approximate surface area is 128 Å². The fraction of sp³-hybridized carbons (Fsp3) is 0.200. The Morgan fingerprint density at radius 1 is 1.05 bits per heavy atom. The van der Waals surface area contributed by atoms with Gasteiger partial charge in [-0.3, -0.25) is 0 Å². The van der Waals surface area contributed by atoms with Crippen LogP contribution in [0, 0.1) is 0 Å². The smallest absolute Gasteiger partial charge is 0.180 e. The maximum absolute atomic E-state index is 6.20. The SMILES string of the molecule is COc1cc(CN)cc(Cl)c1OCc1ccc(Cl)cc1.